The third kappa shape index (κ3) is 6.29. The maximum Gasteiger partial charge on any atom is 0.218 e. The van der Waals surface area contributed by atoms with Crippen LogP contribution in [0.25, 0.3) is 0 Å². The summed E-state index contributed by atoms with van der Waals surface area (Å²) in [5.41, 5.74) is 4.13. The van der Waals surface area contributed by atoms with Gasteiger partial charge in [0.2, 0.25) is 10.0 Å². The number of aliphatic imine (C=N–C) groups is 1. The van der Waals surface area contributed by atoms with Gasteiger partial charge in [0.05, 0.1) is 19.0 Å². The number of hydrogen-bond acceptors (Lipinski definition) is 4. The van der Waals surface area contributed by atoms with Crippen molar-refractivity contribution < 1.29 is 13.2 Å². The van der Waals surface area contributed by atoms with Crippen LogP contribution in [-0.4, -0.2) is 52.0 Å². The zero-order valence-electron chi connectivity index (χ0n) is 17.6. The van der Waals surface area contributed by atoms with Crippen molar-refractivity contribution in [2.45, 2.75) is 25.8 Å². The number of nitrogens with zero attached hydrogens (tertiary/aromatic N) is 2. The molecule has 0 spiro atoms. The van der Waals surface area contributed by atoms with Crippen molar-refractivity contribution in [2.75, 3.05) is 33.4 Å². The zero-order chi connectivity index (χ0) is 21.4. The lowest BCUT2D eigenvalue weighted by Gasteiger charge is -2.26. The van der Waals surface area contributed by atoms with Gasteiger partial charge in [0.25, 0.3) is 0 Å². The minimum Gasteiger partial charge on any atom is -0.379 e. The molecule has 0 radical (unpaired) electrons. The first-order valence-electron chi connectivity index (χ1n) is 10.1. The molecule has 3 rings (SSSR count). The second-order valence-electron chi connectivity index (χ2n) is 7.30. The van der Waals surface area contributed by atoms with Gasteiger partial charge >= 0.3 is 0 Å². The fourth-order valence-electron chi connectivity index (χ4n) is 3.27. The van der Waals surface area contributed by atoms with Crippen molar-refractivity contribution in [3.8, 4) is 0 Å². The van der Waals surface area contributed by atoms with Gasteiger partial charge in [0.15, 0.2) is 5.96 Å². The van der Waals surface area contributed by atoms with E-state index < -0.39 is 10.0 Å². The van der Waals surface area contributed by atoms with Crippen LogP contribution in [-0.2, 0) is 33.6 Å². The van der Waals surface area contributed by atoms with Crippen molar-refractivity contribution in [1.82, 2.24) is 14.9 Å². The second-order valence-corrected chi connectivity index (χ2v) is 9.27. The Morgan fingerprint density at radius 3 is 2.30 bits per heavy atom. The fraction of sp³-hybridized carbons (Fsp3) is 0.409. The van der Waals surface area contributed by atoms with Crippen molar-refractivity contribution >= 4 is 16.0 Å². The molecule has 8 heteroatoms. The molecule has 1 fully saturated rings. The number of ether oxygens (including phenoxy) is 1. The van der Waals surface area contributed by atoms with Gasteiger partial charge in [0, 0.05) is 33.2 Å². The average molecular weight is 431 g/mol. The quantitative estimate of drug-likeness (QED) is 0.519. The monoisotopic (exact) mass is 430 g/mol. The molecule has 0 aliphatic carbocycles. The highest BCUT2D eigenvalue weighted by Crippen LogP contribution is 2.16. The molecule has 1 aliphatic rings. The summed E-state index contributed by atoms with van der Waals surface area (Å²) in [7, 11) is -1.65. The minimum atomic E-state index is -3.37. The highest BCUT2D eigenvalue weighted by molar-refractivity contribution is 7.88. The Morgan fingerprint density at radius 1 is 1.00 bits per heavy atom. The topological polar surface area (TPSA) is 83.0 Å². The number of nitrogens with one attached hydrogen (secondary N) is 2. The van der Waals surface area contributed by atoms with E-state index in [1.165, 1.54) is 15.4 Å². The van der Waals surface area contributed by atoms with Crippen LogP contribution in [0.3, 0.4) is 0 Å². The van der Waals surface area contributed by atoms with Crippen LogP contribution >= 0.6 is 0 Å². The molecule has 0 saturated carbocycles. The minimum absolute atomic E-state index is 0.0136. The average Bonchev–Trinajstić information content (AvgIpc) is 2.76. The van der Waals surface area contributed by atoms with Crippen LogP contribution < -0.4 is 10.6 Å². The van der Waals surface area contributed by atoms with E-state index >= 15 is 0 Å². The molecule has 162 valence electrons. The van der Waals surface area contributed by atoms with Crippen molar-refractivity contribution in [2.24, 2.45) is 4.99 Å². The van der Waals surface area contributed by atoms with Crippen LogP contribution in [0.1, 0.15) is 22.3 Å². The van der Waals surface area contributed by atoms with E-state index in [1.54, 1.807) is 7.05 Å². The summed E-state index contributed by atoms with van der Waals surface area (Å²) in [4.78, 5) is 4.27. The summed E-state index contributed by atoms with van der Waals surface area (Å²) >= 11 is 0. The van der Waals surface area contributed by atoms with Gasteiger partial charge in [-0.3, -0.25) is 4.99 Å². The predicted molar refractivity (Wildman–Crippen MR) is 120 cm³/mol. The molecule has 1 saturated heterocycles. The molecular formula is C22H30N4O3S. The molecule has 7 nitrogen and oxygen atoms in total. The molecular weight excluding hydrogens is 400 g/mol. The third-order valence-electron chi connectivity index (χ3n) is 5.07. The Kier molecular flexibility index (Phi) is 7.84. The number of aryl methyl sites for hydroxylation is 1. The molecule has 2 N–H and O–H groups in total. The Morgan fingerprint density at radius 2 is 1.63 bits per heavy atom. The summed E-state index contributed by atoms with van der Waals surface area (Å²) in [6.45, 7) is 4.94. The zero-order valence-corrected chi connectivity index (χ0v) is 18.4. The lowest BCUT2D eigenvalue weighted by molar-refractivity contribution is 0.0729. The van der Waals surface area contributed by atoms with E-state index in [9.17, 15) is 8.42 Å². The van der Waals surface area contributed by atoms with Crippen molar-refractivity contribution in [3.63, 3.8) is 0 Å². The predicted octanol–water partition coefficient (Wildman–Crippen LogP) is 2.02. The SMILES string of the molecule is CN=C(NCc1ccc(C)cc1)NCc1ccccc1CS(=O)(=O)N1CCOCC1. The van der Waals surface area contributed by atoms with Crippen LogP contribution in [0.15, 0.2) is 53.5 Å². The Balaban J connectivity index is 1.60. The largest absolute Gasteiger partial charge is 0.379 e. The van der Waals surface area contributed by atoms with Crippen LogP contribution in [0.5, 0.6) is 0 Å². The summed E-state index contributed by atoms with van der Waals surface area (Å²) in [6, 6.07) is 15.9. The molecule has 2 aromatic carbocycles. The molecule has 30 heavy (non-hydrogen) atoms. The lowest BCUT2D eigenvalue weighted by atomic mass is 10.1. The number of benzene rings is 2. The molecule has 0 bridgehead atoms. The van der Waals surface area contributed by atoms with Gasteiger partial charge in [-0.15, -0.1) is 0 Å². The van der Waals surface area contributed by atoms with Crippen molar-refractivity contribution in [1.29, 1.82) is 0 Å². The van der Waals surface area contributed by atoms with Crippen LogP contribution in [0.4, 0.5) is 0 Å². The Hall–Kier alpha value is -2.42. The first-order valence-corrected chi connectivity index (χ1v) is 11.7. The van der Waals surface area contributed by atoms with E-state index in [-0.39, 0.29) is 5.75 Å². The first-order chi connectivity index (χ1) is 14.5. The molecule has 2 aromatic rings. The summed E-state index contributed by atoms with van der Waals surface area (Å²) < 4.78 is 32.4. The fourth-order valence-corrected chi connectivity index (χ4v) is 4.84. The number of guanidine groups is 1. The van der Waals surface area contributed by atoms with Gasteiger partial charge in [-0.1, -0.05) is 54.1 Å². The van der Waals surface area contributed by atoms with E-state index in [0.29, 0.717) is 45.4 Å². The smallest absolute Gasteiger partial charge is 0.218 e. The second kappa shape index (κ2) is 10.6. The Labute approximate surface area is 179 Å². The van der Waals surface area contributed by atoms with Crippen LogP contribution in [0.2, 0.25) is 0 Å². The number of hydrogen-bond donors (Lipinski definition) is 2. The molecule has 0 unspecified atom stereocenters. The van der Waals surface area contributed by atoms with E-state index in [4.69, 9.17) is 4.74 Å². The highest BCUT2D eigenvalue weighted by atomic mass is 32.2. The van der Waals surface area contributed by atoms with E-state index in [1.807, 2.05) is 24.3 Å². The van der Waals surface area contributed by atoms with Crippen LogP contribution in [0, 0.1) is 6.92 Å². The molecule has 0 atom stereocenters. The maximum atomic E-state index is 12.8. The highest BCUT2D eigenvalue weighted by Gasteiger charge is 2.25. The van der Waals surface area contributed by atoms with Gasteiger partial charge in [-0.05, 0) is 23.6 Å². The van der Waals surface area contributed by atoms with Gasteiger partial charge in [-0.25, -0.2) is 8.42 Å². The van der Waals surface area contributed by atoms with Crippen molar-refractivity contribution in [3.05, 3.63) is 70.8 Å². The number of sulfonamides is 1. The maximum absolute atomic E-state index is 12.8. The molecule has 0 amide bonds. The van der Waals surface area contributed by atoms with Gasteiger partial charge in [0.1, 0.15) is 0 Å². The molecule has 0 aromatic heterocycles. The number of rotatable bonds is 7. The van der Waals surface area contributed by atoms with Gasteiger partial charge in [-0.2, -0.15) is 4.31 Å². The number of morpholine rings is 1. The lowest BCUT2D eigenvalue weighted by Crippen LogP contribution is -2.41. The Bertz CT molecular complexity index is 953. The van der Waals surface area contributed by atoms with Gasteiger partial charge < -0.3 is 15.4 Å². The summed E-state index contributed by atoms with van der Waals surface area (Å²) in [5, 5.41) is 6.58. The van der Waals surface area contributed by atoms with E-state index in [0.717, 1.165) is 11.1 Å². The molecule has 1 aliphatic heterocycles. The summed E-state index contributed by atoms with van der Waals surface area (Å²) in [5.74, 6) is 0.654. The summed E-state index contributed by atoms with van der Waals surface area (Å²) in [6.07, 6.45) is 0. The first kappa shape index (κ1) is 22.3. The normalized spacial score (nSPS) is 15.7. The third-order valence-corrected chi connectivity index (χ3v) is 6.90. The standard InChI is InChI=1S/C22H30N4O3S/c1-18-7-9-19(10-8-18)15-24-22(23-2)25-16-20-5-3-4-6-21(20)17-30(27,28)26-11-13-29-14-12-26/h3-10H,11-17H2,1-2H3,(H2,23,24,25). The van der Waals surface area contributed by atoms with E-state index in [2.05, 4.69) is 46.8 Å². The molecule has 1 heterocycles.